The number of fused-ring (bicyclic) bond motifs is 2. The summed E-state index contributed by atoms with van der Waals surface area (Å²) in [6.45, 7) is 1.84. The maximum Gasteiger partial charge on any atom is 0.184 e. The number of piperidine rings is 1. The molecule has 0 spiro atoms. The summed E-state index contributed by atoms with van der Waals surface area (Å²) in [7, 11) is 2.21. The number of hydrogen-bond donors (Lipinski definition) is 0. The summed E-state index contributed by atoms with van der Waals surface area (Å²) < 4.78 is 0. The van der Waals surface area contributed by atoms with Gasteiger partial charge in [0.2, 0.25) is 0 Å². The number of hydrogen-bond acceptors (Lipinski definition) is 3. The standard InChI is InChI=1S/C12H18N2O/c1-4-9(2)15-13-10-7-11-5-6-12(8-10)14(11)3/h1,9,11-12H,5-8H2,2-3H3/t9?,11-,12+. The van der Waals surface area contributed by atoms with Crippen molar-refractivity contribution in [2.24, 2.45) is 5.16 Å². The Kier molecular flexibility index (Phi) is 2.97. The summed E-state index contributed by atoms with van der Waals surface area (Å²) in [5.41, 5.74) is 1.18. The molecule has 2 rings (SSSR count). The SMILES string of the molecule is C#CC(C)ON=C1C[C@H]2CC[C@@H](C1)N2C. The van der Waals surface area contributed by atoms with Crippen molar-refractivity contribution in [3.63, 3.8) is 0 Å². The predicted molar refractivity (Wildman–Crippen MR) is 60.6 cm³/mol. The van der Waals surface area contributed by atoms with Crippen LogP contribution in [-0.4, -0.2) is 35.8 Å². The van der Waals surface area contributed by atoms with Gasteiger partial charge in [-0.2, -0.15) is 0 Å². The minimum Gasteiger partial charge on any atom is -0.380 e. The van der Waals surface area contributed by atoms with Crippen LogP contribution in [-0.2, 0) is 4.84 Å². The van der Waals surface area contributed by atoms with E-state index in [0.717, 1.165) is 12.8 Å². The molecule has 15 heavy (non-hydrogen) atoms. The van der Waals surface area contributed by atoms with E-state index in [4.69, 9.17) is 11.3 Å². The minimum atomic E-state index is -0.213. The third-order valence-corrected chi connectivity index (χ3v) is 3.50. The van der Waals surface area contributed by atoms with Crippen molar-refractivity contribution in [3.8, 4) is 12.3 Å². The fourth-order valence-corrected chi connectivity index (χ4v) is 2.47. The topological polar surface area (TPSA) is 24.8 Å². The Morgan fingerprint density at radius 1 is 1.47 bits per heavy atom. The molecular formula is C12H18N2O. The lowest BCUT2D eigenvalue weighted by atomic mass is 10.0. The predicted octanol–water partition coefficient (Wildman–Crippen LogP) is 1.64. The molecule has 82 valence electrons. The van der Waals surface area contributed by atoms with Crippen molar-refractivity contribution in [3.05, 3.63) is 0 Å². The molecule has 1 unspecified atom stereocenters. The molecule has 2 aliphatic heterocycles. The Labute approximate surface area is 91.5 Å². The number of oxime groups is 1. The molecule has 0 N–H and O–H groups in total. The van der Waals surface area contributed by atoms with E-state index in [1.54, 1.807) is 0 Å². The van der Waals surface area contributed by atoms with Gasteiger partial charge in [0.15, 0.2) is 6.10 Å². The smallest absolute Gasteiger partial charge is 0.184 e. The number of rotatable bonds is 2. The van der Waals surface area contributed by atoms with Gasteiger partial charge < -0.3 is 4.84 Å². The highest BCUT2D eigenvalue weighted by Crippen LogP contribution is 2.32. The van der Waals surface area contributed by atoms with Gasteiger partial charge in [-0.05, 0) is 26.8 Å². The fraction of sp³-hybridized carbons (Fsp3) is 0.750. The van der Waals surface area contributed by atoms with E-state index in [2.05, 4.69) is 23.0 Å². The van der Waals surface area contributed by atoms with Crippen molar-refractivity contribution in [1.82, 2.24) is 4.90 Å². The average molecular weight is 206 g/mol. The quantitative estimate of drug-likeness (QED) is 0.507. The molecule has 2 heterocycles. The van der Waals surface area contributed by atoms with Gasteiger partial charge in [0.05, 0.1) is 5.71 Å². The highest BCUT2D eigenvalue weighted by atomic mass is 16.6. The lowest BCUT2D eigenvalue weighted by Crippen LogP contribution is -2.40. The van der Waals surface area contributed by atoms with E-state index in [0.29, 0.717) is 12.1 Å². The summed E-state index contributed by atoms with van der Waals surface area (Å²) in [4.78, 5) is 7.70. The largest absolute Gasteiger partial charge is 0.380 e. The van der Waals surface area contributed by atoms with Crippen molar-refractivity contribution in [2.45, 2.75) is 50.8 Å². The van der Waals surface area contributed by atoms with Crippen LogP contribution in [0.15, 0.2) is 5.16 Å². The molecule has 3 atom stereocenters. The van der Waals surface area contributed by atoms with Crippen LogP contribution in [0, 0.1) is 12.3 Å². The molecule has 0 aliphatic carbocycles. The van der Waals surface area contributed by atoms with Crippen LogP contribution in [0.1, 0.15) is 32.6 Å². The second kappa shape index (κ2) is 4.24. The second-order valence-corrected chi connectivity index (χ2v) is 4.53. The zero-order chi connectivity index (χ0) is 10.8. The molecule has 0 aromatic heterocycles. The first-order chi connectivity index (χ1) is 7.20. The molecule has 2 bridgehead atoms. The lowest BCUT2D eigenvalue weighted by Gasteiger charge is -2.31. The maximum absolute atomic E-state index is 5.22. The van der Waals surface area contributed by atoms with E-state index in [1.807, 2.05) is 6.92 Å². The zero-order valence-corrected chi connectivity index (χ0v) is 9.44. The van der Waals surface area contributed by atoms with Gasteiger partial charge in [0.25, 0.3) is 0 Å². The molecular weight excluding hydrogens is 188 g/mol. The van der Waals surface area contributed by atoms with Gasteiger partial charge in [-0.3, -0.25) is 4.90 Å². The van der Waals surface area contributed by atoms with Gasteiger partial charge in [0.1, 0.15) is 0 Å². The normalized spacial score (nSPS) is 35.1. The van der Waals surface area contributed by atoms with E-state index >= 15 is 0 Å². The Morgan fingerprint density at radius 3 is 2.60 bits per heavy atom. The Hall–Kier alpha value is -1.01. The monoisotopic (exact) mass is 206 g/mol. The van der Waals surface area contributed by atoms with Crippen molar-refractivity contribution in [1.29, 1.82) is 0 Å². The minimum absolute atomic E-state index is 0.213. The second-order valence-electron chi connectivity index (χ2n) is 4.53. The molecule has 3 heteroatoms. The summed E-state index contributed by atoms with van der Waals surface area (Å²) >= 11 is 0. The average Bonchev–Trinajstić information content (AvgIpc) is 2.50. The van der Waals surface area contributed by atoms with Crippen molar-refractivity contribution in [2.75, 3.05) is 7.05 Å². The molecule has 0 aromatic carbocycles. The van der Waals surface area contributed by atoms with Crippen LogP contribution < -0.4 is 0 Å². The maximum atomic E-state index is 5.22. The molecule has 0 radical (unpaired) electrons. The molecule has 0 aromatic rings. The molecule has 2 fully saturated rings. The van der Waals surface area contributed by atoms with Crippen molar-refractivity contribution >= 4 is 5.71 Å². The first-order valence-electron chi connectivity index (χ1n) is 5.60. The zero-order valence-electron chi connectivity index (χ0n) is 9.44. The molecule has 2 saturated heterocycles. The third kappa shape index (κ3) is 2.15. The Balaban J connectivity index is 1.94. The lowest BCUT2D eigenvalue weighted by molar-refractivity contribution is 0.108. The van der Waals surface area contributed by atoms with Crippen LogP contribution >= 0.6 is 0 Å². The van der Waals surface area contributed by atoms with Crippen LogP contribution in [0.5, 0.6) is 0 Å². The molecule has 0 amide bonds. The molecule has 0 saturated carbocycles. The fourth-order valence-electron chi connectivity index (χ4n) is 2.47. The van der Waals surface area contributed by atoms with E-state index in [1.165, 1.54) is 18.6 Å². The number of terminal acetylenes is 1. The Bertz CT molecular complexity index is 289. The molecule has 3 nitrogen and oxygen atoms in total. The summed E-state index contributed by atoms with van der Waals surface area (Å²) in [5, 5.41) is 4.18. The highest BCUT2D eigenvalue weighted by molar-refractivity contribution is 5.86. The molecule has 2 aliphatic rings. The van der Waals surface area contributed by atoms with Gasteiger partial charge >= 0.3 is 0 Å². The van der Waals surface area contributed by atoms with Crippen LogP contribution in [0.3, 0.4) is 0 Å². The highest BCUT2D eigenvalue weighted by Gasteiger charge is 2.36. The summed E-state index contributed by atoms with van der Waals surface area (Å²) in [5.74, 6) is 2.51. The van der Waals surface area contributed by atoms with Crippen LogP contribution in [0.4, 0.5) is 0 Å². The summed E-state index contributed by atoms with van der Waals surface area (Å²) in [6, 6.07) is 1.35. The van der Waals surface area contributed by atoms with Crippen molar-refractivity contribution < 1.29 is 4.84 Å². The Morgan fingerprint density at radius 2 is 2.07 bits per heavy atom. The van der Waals surface area contributed by atoms with E-state index in [9.17, 15) is 0 Å². The first-order valence-corrected chi connectivity index (χ1v) is 5.60. The van der Waals surface area contributed by atoms with Gasteiger partial charge in [-0.25, -0.2) is 0 Å². The van der Waals surface area contributed by atoms with E-state index < -0.39 is 0 Å². The number of nitrogens with zero attached hydrogens (tertiary/aromatic N) is 2. The third-order valence-electron chi connectivity index (χ3n) is 3.50. The first kappa shape index (κ1) is 10.5. The van der Waals surface area contributed by atoms with Crippen LogP contribution in [0.25, 0.3) is 0 Å². The van der Waals surface area contributed by atoms with E-state index in [-0.39, 0.29) is 6.10 Å². The van der Waals surface area contributed by atoms with Gasteiger partial charge in [-0.15, -0.1) is 6.42 Å². The summed E-state index contributed by atoms with van der Waals surface area (Å²) in [6.07, 6.45) is 9.70. The van der Waals surface area contributed by atoms with Gasteiger partial charge in [-0.1, -0.05) is 11.1 Å². The van der Waals surface area contributed by atoms with Gasteiger partial charge in [0, 0.05) is 24.9 Å². The van der Waals surface area contributed by atoms with Crippen LogP contribution in [0.2, 0.25) is 0 Å².